The first-order valence-corrected chi connectivity index (χ1v) is 9.99. The van der Waals surface area contributed by atoms with Gasteiger partial charge in [0.1, 0.15) is 0 Å². The third kappa shape index (κ3) is 22.1. The summed E-state index contributed by atoms with van der Waals surface area (Å²) in [5.74, 6) is -10.3. The van der Waals surface area contributed by atoms with Crippen LogP contribution in [0.4, 0.5) is 26.3 Å². The summed E-state index contributed by atoms with van der Waals surface area (Å²) in [5, 5.41) is -0.634. The molecule has 0 spiro atoms. The van der Waals surface area contributed by atoms with E-state index in [1.165, 1.54) is 12.1 Å². The van der Waals surface area contributed by atoms with E-state index in [1.807, 2.05) is 20.8 Å². The van der Waals surface area contributed by atoms with E-state index in [0.29, 0.717) is 19.6 Å². The van der Waals surface area contributed by atoms with Crippen molar-refractivity contribution < 1.29 is 52.5 Å². The Morgan fingerprint density at radius 3 is 1.07 bits per heavy atom. The van der Waals surface area contributed by atoms with E-state index < -0.39 is 25.6 Å². The molecule has 0 aliphatic carbocycles. The molecule has 158 valence electrons. The molecule has 0 aliphatic rings. The number of halogens is 6. The van der Waals surface area contributed by atoms with E-state index in [2.05, 4.69) is 0 Å². The van der Waals surface area contributed by atoms with Crippen LogP contribution in [-0.2, 0) is 26.2 Å². The van der Waals surface area contributed by atoms with Crippen LogP contribution in [0.2, 0.25) is 0 Å². The van der Waals surface area contributed by atoms with Crippen LogP contribution in [0.1, 0.15) is 40.0 Å². The molecule has 3 N–H and O–H groups in total. The van der Waals surface area contributed by atoms with E-state index >= 15 is 0 Å². The maximum absolute atomic E-state index is 12.1. The first kappa shape index (κ1) is 34.4. The van der Waals surface area contributed by atoms with E-state index in [-0.39, 0.29) is 26.2 Å². The van der Waals surface area contributed by atoms with Crippen LogP contribution in [0.3, 0.4) is 0 Å². The van der Waals surface area contributed by atoms with Crippen LogP contribution in [0.25, 0.3) is 17.2 Å². The van der Waals surface area contributed by atoms with Gasteiger partial charge in [-0.05, 0) is 0 Å². The van der Waals surface area contributed by atoms with Gasteiger partial charge in [-0.25, -0.2) is 12.1 Å². The Morgan fingerprint density at radius 1 is 0.704 bits per heavy atom. The summed E-state index contributed by atoms with van der Waals surface area (Å²) in [6, 6.07) is 4.09. The minimum atomic E-state index is -5.16. The molecule has 0 aliphatic heterocycles. The molecule has 1 aromatic rings. The number of hydrogen-bond acceptors (Lipinski definition) is 0. The van der Waals surface area contributed by atoms with E-state index in [4.69, 9.17) is 17.2 Å². The standard InChI is InChI=1S/C7H5F6Si.3C3H8N.Zr/c8-6(9,10)14(7(11,12)13)5-3-1-2-4-5;3*1-2-3-4;/h1-4,14H;3*4H,2-3H2,1H3;/q4*-1;+4. The van der Waals surface area contributed by atoms with Crippen LogP contribution in [0, 0.1) is 0 Å². The van der Waals surface area contributed by atoms with E-state index in [9.17, 15) is 26.3 Å². The summed E-state index contributed by atoms with van der Waals surface area (Å²) in [6.45, 7) is 7.69. The maximum Gasteiger partial charge on any atom is 4.00 e. The fourth-order valence-corrected chi connectivity index (χ4v) is 2.88. The third-order valence-corrected chi connectivity index (χ3v) is 4.79. The molecule has 3 nitrogen and oxygen atoms in total. The van der Waals surface area contributed by atoms with Crippen molar-refractivity contribution in [2.24, 2.45) is 0 Å². The molecule has 0 atom stereocenters. The number of nitrogens with one attached hydrogen (secondary N) is 3. The monoisotopic (exact) mass is 495 g/mol. The van der Waals surface area contributed by atoms with Crippen LogP contribution in [-0.4, -0.2) is 40.0 Å². The second kappa shape index (κ2) is 20.6. The fraction of sp³-hybridized carbons (Fsp3) is 0.688. The minimum Gasteiger partial charge on any atom is -0.677 e. The van der Waals surface area contributed by atoms with Crippen LogP contribution in [0.5, 0.6) is 0 Å². The van der Waals surface area contributed by atoms with Gasteiger partial charge in [-0.15, -0.1) is 5.19 Å². The molecule has 0 amide bonds. The zero-order chi connectivity index (χ0) is 21.2. The Labute approximate surface area is 179 Å². The smallest absolute Gasteiger partial charge is 0.677 e. The van der Waals surface area contributed by atoms with Gasteiger partial charge in [-0.2, -0.15) is 58.1 Å². The number of rotatable bonds is 4. The summed E-state index contributed by atoms with van der Waals surface area (Å²) in [7, 11) is -4.92. The summed E-state index contributed by atoms with van der Waals surface area (Å²) in [4.78, 5) is 0. The molecule has 0 aromatic heterocycles. The molecule has 0 bridgehead atoms. The van der Waals surface area contributed by atoms with E-state index in [1.54, 1.807) is 0 Å². The molecule has 1 aromatic carbocycles. The van der Waals surface area contributed by atoms with Crippen LogP contribution in [0.15, 0.2) is 24.3 Å². The SMILES string of the molecule is CCC[NH-].CCC[NH-].CCC[NH-].FC(F)(F)[SiH]([c-]1cccc1)C(F)(F)F.[Zr+4]. The minimum absolute atomic E-state index is 0. The molecule has 0 radical (unpaired) electrons. The van der Waals surface area contributed by atoms with Gasteiger partial charge in [0.25, 0.3) is 8.80 Å². The van der Waals surface area contributed by atoms with Crippen molar-refractivity contribution in [1.82, 2.24) is 0 Å². The first-order valence-electron chi connectivity index (χ1n) is 8.26. The Bertz CT molecular complexity index is 357. The van der Waals surface area contributed by atoms with Crippen LogP contribution >= 0.6 is 0 Å². The van der Waals surface area contributed by atoms with Crippen molar-refractivity contribution in [3.05, 3.63) is 41.5 Å². The topological polar surface area (TPSA) is 71.4 Å². The van der Waals surface area contributed by atoms with E-state index in [0.717, 1.165) is 31.4 Å². The van der Waals surface area contributed by atoms with Crippen molar-refractivity contribution >= 4 is 14.0 Å². The van der Waals surface area contributed by atoms with Gasteiger partial charge < -0.3 is 17.2 Å². The summed E-state index contributed by atoms with van der Waals surface area (Å²) in [6.07, 6.45) is 2.96. The fourth-order valence-electron chi connectivity index (χ4n) is 1.14. The molecule has 0 saturated carbocycles. The average Bonchev–Trinajstić information content (AvgIpc) is 3.06. The molecule has 27 heavy (non-hydrogen) atoms. The van der Waals surface area contributed by atoms with Gasteiger partial charge in [0.05, 0.1) is 0 Å². The molecule has 1 rings (SSSR count). The Hall–Kier alpha value is -0.0900. The van der Waals surface area contributed by atoms with Crippen molar-refractivity contribution in [3.63, 3.8) is 0 Å². The normalized spacial score (nSPS) is 10.4. The number of hydrogen-bond donors (Lipinski definition) is 0. The van der Waals surface area contributed by atoms with Gasteiger partial charge in [0.2, 0.25) is 0 Å². The van der Waals surface area contributed by atoms with Crippen molar-refractivity contribution in [3.8, 4) is 0 Å². The maximum atomic E-state index is 12.1. The van der Waals surface area contributed by atoms with Gasteiger partial charge in [-0.3, -0.25) is 0 Å². The average molecular weight is 497 g/mol. The third-order valence-electron chi connectivity index (χ3n) is 2.43. The van der Waals surface area contributed by atoms with Crippen molar-refractivity contribution in [1.29, 1.82) is 0 Å². The molecule has 0 saturated heterocycles. The number of alkyl halides is 6. The summed E-state index contributed by atoms with van der Waals surface area (Å²) < 4.78 is 72.7. The van der Waals surface area contributed by atoms with Gasteiger partial charge in [0.15, 0.2) is 0 Å². The molecular weight excluding hydrogens is 467 g/mol. The second-order valence-electron chi connectivity index (χ2n) is 4.98. The molecular formula is C16H29F6N3SiZr. The predicted molar refractivity (Wildman–Crippen MR) is 99.4 cm³/mol. The van der Waals surface area contributed by atoms with Crippen LogP contribution < -0.4 is 5.19 Å². The van der Waals surface area contributed by atoms with Gasteiger partial charge in [0, 0.05) is 0 Å². The largest absolute Gasteiger partial charge is 4.00 e. The van der Waals surface area contributed by atoms with Gasteiger partial charge >= 0.3 is 37.8 Å². The Kier molecular flexibility index (Phi) is 26.3. The summed E-state index contributed by atoms with van der Waals surface area (Å²) >= 11 is 0. The second-order valence-corrected chi connectivity index (χ2v) is 7.83. The van der Waals surface area contributed by atoms with Crippen molar-refractivity contribution in [2.45, 2.75) is 51.6 Å². The zero-order valence-electron chi connectivity index (χ0n) is 15.9. The molecule has 0 heterocycles. The Morgan fingerprint density at radius 2 is 0.926 bits per heavy atom. The molecule has 0 unspecified atom stereocenters. The first-order chi connectivity index (χ1) is 12.0. The summed E-state index contributed by atoms with van der Waals surface area (Å²) in [5.41, 5.74) is 19.4. The zero-order valence-corrected chi connectivity index (χ0v) is 19.5. The quantitative estimate of drug-likeness (QED) is 0.263. The molecule has 11 heteroatoms. The van der Waals surface area contributed by atoms with Gasteiger partial charge in [-0.1, -0.05) is 40.0 Å². The predicted octanol–water partition coefficient (Wildman–Crippen LogP) is 6.39. The molecule has 0 fully saturated rings. The Balaban J connectivity index is -0.000000169. The van der Waals surface area contributed by atoms with Crippen molar-refractivity contribution in [2.75, 3.05) is 19.6 Å².